The number of halogens is 4. The molecule has 0 spiro atoms. The second kappa shape index (κ2) is 9.72. The van der Waals surface area contributed by atoms with E-state index in [1.165, 1.54) is 6.07 Å². The summed E-state index contributed by atoms with van der Waals surface area (Å²) in [5.74, 6) is 0.564. The van der Waals surface area contributed by atoms with Gasteiger partial charge < -0.3 is 0 Å². The van der Waals surface area contributed by atoms with E-state index in [2.05, 4.69) is 32.4 Å². The SMILES string of the molecule is FC(F)(F)c1ccc(-n2c(-c3ccc(-c4ccccc4)c4nsnc34)nc3c4ccccc4c4ccccc4c32)c(Br)c1. The molecule has 0 saturated carbocycles. The van der Waals surface area contributed by atoms with Crippen LogP contribution in [0.3, 0.4) is 0 Å². The van der Waals surface area contributed by atoms with Crippen LogP contribution in [0.15, 0.2) is 114 Å². The van der Waals surface area contributed by atoms with E-state index in [1.54, 1.807) is 0 Å². The summed E-state index contributed by atoms with van der Waals surface area (Å²) in [6.45, 7) is 0. The summed E-state index contributed by atoms with van der Waals surface area (Å²) in [5, 5.41) is 3.97. The molecule has 0 aliphatic carbocycles. The van der Waals surface area contributed by atoms with E-state index >= 15 is 0 Å². The molecular formula is C34H18BrF3N4S. The maximum absolute atomic E-state index is 13.7. The number of rotatable bonds is 3. The van der Waals surface area contributed by atoms with Crippen LogP contribution in [-0.2, 0) is 6.18 Å². The zero-order valence-corrected chi connectivity index (χ0v) is 24.5. The fourth-order valence-electron chi connectivity index (χ4n) is 5.88. The molecule has 8 aromatic rings. The summed E-state index contributed by atoms with van der Waals surface area (Å²) >= 11 is 4.60. The molecule has 43 heavy (non-hydrogen) atoms. The third kappa shape index (κ3) is 4.06. The van der Waals surface area contributed by atoms with Crippen molar-refractivity contribution in [3.05, 3.63) is 119 Å². The largest absolute Gasteiger partial charge is 0.416 e. The lowest BCUT2D eigenvalue weighted by Crippen LogP contribution is -2.06. The Morgan fingerprint density at radius 2 is 1.23 bits per heavy atom. The third-order valence-electron chi connectivity index (χ3n) is 7.79. The van der Waals surface area contributed by atoms with Gasteiger partial charge in [0.2, 0.25) is 0 Å². The van der Waals surface area contributed by atoms with Crippen LogP contribution in [0.2, 0.25) is 0 Å². The van der Waals surface area contributed by atoms with Gasteiger partial charge in [-0.25, -0.2) is 4.98 Å². The maximum atomic E-state index is 13.7. The van der Waals surface area contributed by atoms with Gasteiger partial charge in [0.25, 0.3) is 0 Å². The average Bonchev–Trinajstić information content (AvgIpc) is 3.67. The van der Waals surface area contributed by atoms with Crippen LogP contribution in [-0.4, -0.2) is 18.3 Å². The second-order valence-electron chi connectivity index (χ2n) is 10.2. The first kappa shape index (κ1) is 26.1. The highest BCUT2D eigenvalue weighted by molar-refractivity contribution is 9.10. The van der Waals surface area contributed by atoms with Gasteiger partial charge in [0.15, 0.2) is 0 Å². The lowest BCUT2D eigenvalue weighted by Gasteiger charge is -2.16. The second-order valence-corrected chi connectivity index (χ2v) is 11.6. The minimum atomic E-state index is -4.48. The quantitative estimate of drug-likeness (QED) is 0.179. The summed E-state index contributed by atoms with van der Waals surface area (Å²) in [6.07, 6.45) is -4.48. The number of nitrogens with zero attached hydrogens (tertiary/aromatic N) is 4. The van der Waals surface area contributed by atoms with Crippen LogP contribution in [0.25, 0.3) is 71.8 Å². The number of aromatic nitrogens is 4. The first-order valence-electron chi connectivity index (χ1n) is 13.4. The van der Waals surface area contributed by atoms with Crippen molar-refractivity contribution >= 4 is 71.3 Å². The first-order valence-corrected chi connectivity index (χ1v) is 14.9. The maximum Gasteiger partial charge on any atom is 0.416 e. The molecule has 208 valence electrons. The minimum Gasteiger partial charge on any atom is -0.290 e. The van der Waals surface area contributed by atoms with Gasteiger partial charge in [-0.1, -0.05) is 84.9 Å². The molecule has 4 nitrogen and oxygen atoms in total. The molecule has 0 aliphatic rings. The Hall–Kier alpha value is -4.60. The van der Waals surface area contributed by atoms with Crippen LogP contribution < -0.4 is 0 Å². The summed E-state index contributed by atoms with van der Waals surface area (Å²) < 4.78 is 52.7. The molecule has 0 radical (unpaired) electrons. The third-order valence-corrected chi connectivity index (χ3v) is 8.95. The number of benzene rings is 6. The van der Waals surface area contributed by atoms with E-state index in [0.29, 0.717) is 21.5 Å². The van der Waals surface area contributed by atoms with Gasteiger partial charge in [0.05, 0.1) is 34.0 Å². The number of hydrogen-bond donors (Lipinski definition) is 0. The first-order chi connectivity index (χ1) is 20.9. The van der Waals surface area contributed by atoms with Gasteiger partial charge in [0, 0.05) is 26.4 Å². The lowest BCUT2D eigenvalue weighted by atomic mass is 10.00. The summed E-state index contributed by atoms with van der Waals surface area (Å²) in [4.78, 5) is 5.24. The number of fused-ring (bicyclic) bond motifs is 7. The molecule has 2 heterocycles. The molecule has 0 N–H and O–H groups in total. The van der Waals surface area contributed by atoms with Crippen LogP contribution in [0.1, 0.15) is 5.56 Å². The van der Waals surface area contributed by atoms with Crippen LogP contribution in [0.4, 0.5) is 13.2 Å². The highest BCUT2D eigenvalue weighted by atomic mass is 79.9. The summed E-state index contributed by atoms with van der Waals surface area (Å²) in [7, 11) is 0. The molecule has 0 atom stereocenters. The molecule has 0 aliphatic heterocycles. The van der Waals surface area contributed by atoms with Crippen molar-refractivity contribution < 1.29 is 13.2 Å². The van der Waals surface area contributed by atoms with Gasteiger partial charge in [-0.15, -0.1) is 0 Å². The van der Waals surface area contributed by atoms with Crippen molar-refractivity contribution in [2.75, 3.05) is 0 Å². The molecule has 0 saturated heterocycles. The van der Waals surface area contributed by atoms with Crippen LogP contribution in [0, 0.1) is 0 Å². The molecular weight excluding hydrogens is 633 g/mol. The summed E-state index contributed by atoms with van der Waals surface area (Å²) in [5.41, 5.74) is 5.47. The average molecular weight is 652 g/mol. The predicted molar refractivity (Wildman–Crippen MR) is 171 cm³/mol. The molecule has 9 heteroatoms. The van der Waals surface area contributed by atoms with E-state index in [4.69, 9.17) is 9.36 Å². The monoisotopic (exact) mass is 650 g/mol. The topological polar surface area (TPSA) is 43.6 Å². The molecule has 0 fully saturated rings. The Kier molecular flexibility index (Phi) is 5.89. The molecule has 2 aromatic heterocycles. The number of alkyl halides is 3. The fraction of sp³-hybridized carbons (Fsp3) is 0.0294. The Morgan fingerprint density at radius 3 is 1.93 bits per heavy atom. The van der Waals surface area contributed by atoms with Gasteiger partial charge in [-0.05, 0) is 56.5 Å². The zero-order valence-electron chi connectivity index (χ0n) is 22.1. The lowest BCUT2D eigenvalue weighted by molar-refractivity contribution is -0.137. The van der Waals surface area contributed by atoms with Crippen molar-refractivity contribution in [1.29, 1.82) is 0 Å². The van der Waals surface area contributed by atoms with Gasteiger partial charge in [-0.3, -0.25) is 4.57 Å². The van der Waals surface area contributed by atoms with E-state index < -0.39 is 11.7 Å². The molecule has 0 bridgehead atoms. The Morgan fingerprint density at radius 1 is 0.628 bits per heavy atom. The van der Waals surface area contributed by atoms with Crippen molar-refractivity contribution in [3.63, 3.8) is 0 Å². The highest BCUT2D eigenvalue weighted by Crippen LogP contribution is 2.43. The minimum absolute atomic E-state index is 0.300. The van der Waals surface area contributed by atoms with Gasteiger partial charge >= 0.3 is 6.18 Å². The molecule has 0 unspecified atom stereocenters. The van der Waals surface area contributed by atoms with E-state index in [1.807, 2.05) is 83.4 Å². The molecule has 6 aromatic carbocycles. The van der Waals surface area contributed by atoms with Gasteiger partial charge in [-0.2, -0.15) is 21.9 Å². The summed E-state index contributed by atoms with van der Waals surface area (Å²) in [6, 6.07) is 33.8. The smallest absolute Gasteiger partial charge is 0.290 e. The van der Waals surface area contributed by atoms with Crippen molar-refractivity contribution in [3.8, 4) is 28.2 Å². The number of hydrogen-bond acceptors (Lipinski definition) is 4. The van der Waals surface area contributed by atoms with E-state index in [9.17, 15) is 13.2 Å². The Bertz CT molecular complexity index is 2360. The van der Waals surface area contributed by atoms with Crippen molar-refractivity contribution in [2.24, 2.45) is 0 Å². The standard InChI is InChI=1S/C34H18BrF3N4S/c35-27-18-20(34(36,37)38)14-17-28(27)42-32-25-13-7-5-11-23(25)22-10-4-6-12-24(22)31(32)39-33(42)26-16-15-21(19-8-2-1-3-9-19)29-30(26)41-43-40-29/h1-18H. The van der Waals surface area contributed by atoms with Gasteiger partial charge in [0.1, 0.15) is 16.9 Å². The molecule has 0 amide bonds. The normalized spacial score (nSPS) is 12.2. The number of imidazole rings is 1. The van der Waals surface area contributed by atoms with Crippen LogP contribution >= 0.6 is 27.7 Å². The Labute approximate surface area is 255 Å². The predicted octanol–water partition coefficient (Wildman–Crippen LogP) is 10.5. The van der Waals surface area contributed by atoms with E-state index in [-0.39, 0.29) is 0 Å². The van der Waals surface area contributed by atoms with E-state index in [0.717, 1.165) is 78.6 Å². The van der Waals surface area contributed by atoms with Crippen molar-refractivity contribution in [1.82, 2.24) is 18.3 Å². The zero-order chi connectivity index (χ0) is 29.3. The van der Waals surface area contributed by atoms with Crippen LogP contribution in [0.5, 0.6) is 0 Å². The molecule has 8 rings (SSSR count). The Balaban J connectivity index is 1.52. The van der Waals surface area contributed by atoms with Crippen molar-refractivity contribution in [2.45, 2.75) is 6.18 Å². The highest BCUT2D eigenvalue weighted by Gasteiger charge is 2.32. The fourth-order valence-corrected chi connectivity index (χ4v) is 7.01.